The monoisotopic (exact) mass is 368 g/mol. The number of benzene rings is 1. The molecule has 1 atom stereocenters. The Morgan fingerprint density at radius 2 is 1.91 bits per heavy atom. The van der Waals surface area contributed by atoms with E-state index in [0.717, 1.165) is 11.0 Å². The first-order valence-corrected chi connectivity index (χ1v) is 8.18. The van der Waals surface area contributed by atoms with Crippen LogP contribution in [0.4, 0.5) is 4.79 Å². The molecule has 2 N–H and O–H groups in total. The van der Waals surface area contributed by atoms with Crippen molar-refractivity contribution in [3.8, 4) is 0 Å². The highest BCUT2D eigenvalue weighted by molar-refractivity contribution is 9.10. The molecule has 0 fully saturated rings. The van der Waals surface area contributed by atoms with Crippen LogP contribution in [0.2, 0.25) is 0 Å². The highest BCUT2D eigenvalue weighted by Gasteiger charge is 2.14. The van der Waals surface area contributed by atoms with Crippen molar-refractivity contribution in [3.63, 3.8) is 0 Å². The standard InChI is InChI=1S/C17H25BrN2O2/c1-13(14-9-5-6-10-15(14)18)19-11-7-8-12-20-16(21)22-17(2,3)4/h5-10,13,19H,11-12H2,1-4H3,(H,20,21)/b8-7+. The summed E-state index contributed by atoms with van der Waals surface area (Å²) < 4.78 is 6.25. The third kappa shape index (κ3) is 7.61. The van der Waals surface area contributed by atoms with Gasteiger partial charge in [0.1, 0.15) is 5.60 Å². The molecule has 0 aliphatic heterocycles. The summed E-state index contributed by atoms with van der Waals surface area (Å²) in [5, 5.41) is 6.09. The Hall–Kier alpha value is -1.33. The molecule has 1 unspecified atom stereocenters. The van der Waals surface area contributed by atoms with Crippen LogP contribution in [0.5, 0.6) is 0 Å². The minimum absolute atomic E-state index is 0.249. The lowest BCUT2D eigenvalue weighted by molar-refractivity contribution is 0.0534. The van der Waals surface area contributed by atoms with Crippen molar-refractivity contribution in [2.24, 2.45) is 0 Å². The summed E-state index contributed by atoms with van der Waals surface area (Å²) in [5.41, 5.74) is 0.760. The van der Waals surface area contributed by atoms with Gasteiger partial charge in [0, 0.05) is 23.6 Å². The summed E-state index contributed by atoms with van der Waals surface area (Å²) in [6.45, 7) is 8.84. The number of rotatable bonds is 6. The molecular weight excluding hydrogens is 344 g/mol. The highest BCUT2D eigenvalue weighted by Crippen LogP contribution is 2.22. The van der Waals surface area contributed by atoms with E-state index in [2.05, 4.69) is 39.6 Å². The average molecular weight is 369 g/mol. The summed E-state index contributed by atoms with van der Waals surface area (Å²) in [5.74, 6) is 0. The van der Waals surface area contributed by atoms with Crippen molar-refractivity contribution in [2.45, 2.75) is 39.3 Å². The molecule has 1 rings (SSSR count). The van der Waals surface area contributed by atoms with E-state index < -0.39 is 11.7 Å². The van der Waals surface area contributed by atoms with Gasteiger partial charge in [-0.05, 0) is 39.3 Å². The van der Waals surface area contributed by atoms with Crippen molar-refractivity contribution in [3.05, 3.63) is 46.5 Å². The Kier molecular flexibility index (Phi) is 7.62. The summed E-state index contributed by atoms with van der Waals surface area (Å²) >= 11 is 3.55. The number of nitrogens with one attached hydrogen (secondary N) is 2. The Balaban J connectivity index is 2.24. The van der Waals surface area contributed by atoms with E-state index in [0.29, 0.717) is 6.54 Å². The van der Waals surface area contributed by atoms with Gasteiger partial charge in [0.05, 0.1) is 0 Å². The van der Waals surface area contributed by atoms with Crippen LogP contribution >= 0.6 is 15.9 Å². The molecule has 0 saturated carbocycles. The lowest BCUT2D eigenvalue weighted by Crippen LogP contribution is -2.32. The molecule has 0 radical (unpaired) electrons. The molecule has 122 valence electrons. The number of carbonyl (C=O) groups excluding carboxylic acids is 1. The molecule has 1 aromatic rings. The molecule has 4 nitrogen and oxygen atoms in total. The predicted molar refractivity (Wildman–Crippen MR) is 93.9 cm³/mol. The topological polar surface area (TPSA) is 50.4 Å². The van der Waals surface area contributed by atoms with E-state index in [1.165, 1.54) is 5.56 Å². The zero-order valence-corrected chi connectivity index (χ0v) is 15.2. The van der Waals surface area contributed by atoms with Gasteiger partial charge < -0.3 is 15.4 Å². The number of carbonyl (C=O) groups is 1. The smallest absolute Gasteiger partial charge is 0.407 e. The van der Waals surface area contributed by atoms with Gasteiger partial charge in [-0.2, -0.15) is 0 Å². The fourth-order valence-electron chi connectivity index (χ4n) is 1.80. The first-order valence-electron chi connectivity index (χ1n) is 7.39. The zero-order chi connectivity index (χ0) is 16.6. The molecule has 0 aliphatic rings. The maximum absolute atomic E-state index is 11.4. The van der Waals surface area contributed by atoms with Gasteiger partial charge in [0.15, 0.2) is 0 Å². The van der Waals surface area contributed by atoms with Crippen molar-refractivity contribution < 1.29 is 9.53 Å². The zero-order valence-electron chi connectivity index (χ0n) is 13.7. The molecule has 0 bridgehead atoms. The Bertz CT molecular complexity index is 510. The SMILES string of the molecule is CC(NC/C=C/CNC(=O)OC(C)(C)C)c1ccccc1Br. The van der Waals surface area contributed by atoms with E-state index in [-0.39, 0.29) is 6.04 Å². The number of halogens is 1. The fourth-order valence-corrected chi connectivity index (χ4v) is 2.43. The van der Waals surface area contributed by atoms with E-state index in [1.807, 2.05) is 51.1 Å². The predicted octanol–water partition coefficient (Wildman–Crippen LogP) is 4.18. The quantitative estimate of drug-likeness (QED) is 0.740. The second-order valence-electron chi connectivity index (χ2n) is 6.01. The van der Waals surface area contributed by atoms with Crippen LogP contribution in [-0.4, -0.2) is 24.8 Å². The van der Waals surface area contributed by atoms with Crippen molar-refractivity contribution in [2.75, 3.05) is 13.1 Å². The first-order chi connectivity index (χ1) is 10.3. The van der Waals surface area contributed by atoms with Gasteiger partial charge in [0.2, 0.25) is 0 Å². The summed E-state index contributed by atoms with van der Waals surface area (Å²) in [7, 11) is 0. The third-order valence-corrected chi connectivity index (χ3v) is 3.57. The number of ether oxygens (including phenoxy) is 1. The van der Waals surface area contributed by atoms with Crippen molar-refractivity contribution >= 4 is 22.0 Å². The Labute approximate surface area is 141 Å². The number of hydrogen-bond acceptors (Lipinski definition) is 3. The maximum atomic E-state index is 11.4. The molecule has 0 heterocycles. The van der Waals surface area contributed by atoms with Crippen molar-refractivity contribution in [1.29, 1.82) is 0 Å². The van der Waals surface area contributed by atoms with Gasteiger partial charge >= 0.3 is 6.09 Å². The first kappa shape index (κ1) is 18.7. The van der Waals surface area contributed by atoms with Crippen LogP contribution in [0.3, 0.4) is 0 Å². The summed E-state index contributed by atoms with van der Waals surface area (Å²) in [6, 6.07) is 8.41. The van der Waals surface area contributed by atoms with E-state index in [9.17, 15) is 4.79 Å². The second kappa shape index (κ2) is 8.96. The minimum atomic E-state index is -0.464. The maximum Gasteiger partial charge on any atom is 0.407 e. The number of amides is 1. The second-order valence-corrected chi connectivity index (χ2v) is 6.86. The van der Waals surface area contributed by atoms with Crippen LogP contribution in [0, 0.1) is 0 Å². The van der Waals surface area contributed by atoms with Gasteiger partial charge in [-0.15, -0.1) is 0 Å². The van der Waals surface area contributed by atoms with Crippen LogP contribution in [0.15, 0.2) is 40.9 Å². The van der Waals surface area contributed by atoms with Gasteiger partial charge in [-0.25, -0.2) is 4.79 Å². The van der Waals surface area contributed by atoms with E-state index in [1.54, 1.807) is 0 Å². The molecule has 0 aliphatic carbocycles. The number of hydrogen-bond donors (Lipinski definition) is 2. The van der Waals surface area contributed by atoms with Crippen LogP contribution in [0.1, 0.15) is 39.3 Å². The molecule has 0 aromatic heterocycles. The molecule has 1 amide bonds. The molecule has 0 spiro atoms. The van der Waals surface area contributed by atoms with Gasteiger partial charge in [0.25, 0.3) is 0 Å². The largest absolute Gasteiger partial charge is 0.444 e. The van der Waals surface area contributed by atoms with Crippen molar-refractivity contribution in [1.82, 2.24) is 10.6 Å². The molecule has 0 saturated heterocycles. The molecule has 1 aromatic carbocycles. The minimum Gasteiger partial charge on any atom is -0.444 e. The Morgan fingerprint density at radius 3 is 2.55 bits per heavy atom. The Morgan fingerprint density at radius 1 is 1.27 bits per heavy atom. The normalized spacial score (nSPS) is 13.1. The third-order valence-electron chi connectivity index (χ3n) is 2.84. The fraction of sp³-hybridized carbons (Fsp3) is 0.471. The van der Waals surface area contributed by atoms with Crippen LogP contribution in [0.25, 0.3) is 0 Å². The van der Waals surface area contributed by atoms with E-state index >= 15 is 0 Å². The molecular formula is C17H25BrN2O2. The lowest BCUT2D eigenvalue weighted by atomic mass is 10.1. The van der Waals surface area contributed by atoms with Crippen LogP contribution in [-0.2, 0) is 4.74 Å². The molecule has 5 heteroatoms. The average Bonchev–Trinajstić information content (AvgIpc) is 2.41. The molecule has 22 heavy (non-hydrogen) atoms. The highest BCUT2D eigenvalue weighted by atomic mass is 79.9. The van der Waals surface area contributed by atoms with Crippen LogP contribution < -0.4 is 10.6 Å². The van der Waals surface area contributed by atoms with Gasteiger partial charge in [-0.1, -0.05) is 46.3 Å². The summed E-state index contributed by atoms with van der Waals surface area (Å²) in [4.78, 5) is 11.4. The number of alkyl carbamates (subject to hydrolysis) is 1. The van der Waals surface area contributed by atoms with Gasteiger partial charge in [-0.3, -0.25) is 0 Å². The van der Waals surface area contributed by atoms with E-state index in [4.69, 9.17) is 4.74 Å². The summed E-state index contributed by atoms with van der Waals surface area (Å²) in [6.07, 6.45) is 3.50. The lowest BCUT2D eigenvalue weighted by Gasteiger charge is -2.19.